The van der Waals surface area contributed by atoms with Crippen LogP contribution in [0.25, 0.3) is 0 Å². The second-order valence-corrected chi connectivity index (χ2v) is 4.34. The van der Waals surface area contributed by atoms with Crippen molar-refractivity contribution in [2.24, 2.45) is 5.92 Å². The summed E-state index contributed by atoms with van der Waals surface area (Å²) in [7, 11) is 0. The third-order valence-corrected chi connectivity index (χ3v) is 3.07. The zero-order valence-electron chi connectivity index (χ0n) is 7.45. The molecule has 12 heavy (non-hydrogen) atoms. The normalized spacial score (nSPS) is 30.2. The first-order valence-corrected chi connectivity index (χ1v) is 5.36. The Labute approximate surface area is 77.0 Å². The first-order valence-electron chi connectivity index (χ1n) is 4.41. The molecule has 0 saturated heterocycles. The van der Waals surface area contributed by atoms with Crippen molar-refractivity contribution < 1.29 is 0 Å². The van der Waals surface area contributed by atoms with Crippen LogP contribution in [0.4, 0.5) is 0 Å². The summed E-state index contributed by atoms with van der Waals surface area (Å²) < 4.78 is 0. The van der Waals surface area contributed by atoms with Crippen LogP contribution in [-0.2, 0) is 0 Å². The summed E-state index contributed by atoms with van der Waals surface area (Å²) in [6, 6.07) is 1.16. The van der Waals surface area contributed by atoms with E-state index in [0.717, 1.165) is 12.0 Å². The van der Waals surface area contributed by atoms with E-state index >= 15 is 0 Å². The molecule has 0 spiro atoms. The van der Waals surface area contributed by atoms with E-state index in [9.17, 15) is 0 Å². The summed E-state index contributed by atoms with van der Waals surface area (Å²) in [5.41, 5.74) is 3.07. The lowest BCUT2D eigenvalue weighted by atomic mass is 10.2. The molecule has 1 saturated carbocycles. The molecule has 1 aliphatic carbocycles. The van der Waals surface area contributed by atoms with Crippen molar-refractivity contribution in [1.82, 2.24) is 10.3 Å². The molecule has 0 aromatic carbocycles. The molecule has 0 aliphatic heterocycles. The summed E-state index contributed by atoms with van der Waals surface area (Å²) in [6.45, 7) is 4.46. The highest BCUT2D eigenvalue weighted by molar-refractivity contribution is 7.07. The molecule has 0 radical (unpaired) electrons. The standard InChI is InChI=1S/C9H14N2S/c1-6-3-8(6)11-7(2)9-4-12-5-10-9/h4-8,11H,3H2,1-2H3/t6-,7?,8-/m1/s1. The maximum absolute atomic E-state index is 4.28. The molecule has 1 unspecified atom stereocenters. The number of hydrogen-bond acceptors (Lipinski definition) is 3. The van der Waals surface area contributed by atoms with Crippen LogP contribution in [0.1, 0.15) is 32.0 Å². The van der Waals surface area contributed by atoms with Gasteiger partial charge in [0.15, 0.2) is 0 Å². The first-order chi connectivity index (χ1) is 5.77. The summed E-state index contributed by atoms with van der Waals surface area (Å²) in [4.78, 5) is 4.28. The lowest BCUT2D eigenvalue weighted by molar-refractivity contribution is 0.543. The van der Waals surface area contributed by atoms with Crippen molar-refractivity contribution in [1.29, 1.82) is 0 Å². The average Bonchev–Trinajstić information content (AvgIpc) is 2.58. The molecular weight excluding hydrogens is 168 g/mol. The minimum Gasteiger partial charge on any atom is -0.306 e. The molecule has 2 nitrogen and oxygen atoms in total. The van der Waals surface area contributed by atoms with Crippen molar-refractivity contribution in [3.8, 4) is 0 Å². The van der Waals surface area contributed by atoms with Gasteiger partial charge in [0.1, 0.15) is 0 Å². The Morgan fingerprint density at radius 2 is 2.50 bits per heavy atom. The van der Waals surface area contributed by atoms with Gasteiger partial charge in [0.2, 0.25) is 0 Å². The zero-order chi connectivity index (χ0) is 8.55. The van der Waals surface area contributed by atoms with Crippen molar-refractivity contribution in [3.05, 3.63) is 16.6 Å². The van der Waals surface area contributed by atoms with E-state index in [2.05, 4.69) is 29.5 Å². The Morgan fingerprint density at radius 1 is 1.75 bits per heavy atom. The van der Waals surface area contributed by atoms with Gasteiger partial charge in [0.05, 0.1) is 11.2 Å². The Balaban J connectivity index is 1.89. The number of rotatable bonds is 3. The smallest absolute Gasteiger partial charge is 0.0795 e. The lowest BCUT2D eigenvalue weighted by Crippen LogP contribution is -2.22. The molecule has 3 heteroatoms. The van der Waals surface area contributed by atoms with Crippen molar-refractivity contribution in [3.63, 3.8) is 0 Å². The molecule has 2 rings (SSSR count). The molecule has 1 aromatic heterocycles. The number of nitrogens with zero attached hydrogens (tertiary/aromatic N) is 1. The van der Waals surface area contributed by atoms with Crippen molar-refractivity contribution in [2.75, 3.05) is 0 Å². The molecule has 3 atom stereocenters. The van der Waals surface area contributed by atoms with Gasteiger partial charge in [-0.25, -0.2) is 4.98 Å². The first kappa shape index (κ1) is 8.20. The van der Waals surface area contributed by atoms with Gasteiger partial charge >= 0.3 is 0 Å². The fraction of sp³-hybridized carbons (Fsp3) is 0.667. The van der Waals surface area contributed by atoms with E-state index in [4.69, 9.17) is 0 Å². The highest BCUT2D eigenvalue weighted by Crippen LogP contribution is 2.31. The maximum Gasteiger partial charge on any atom is 0.0795 e. The van der Waals surface area contributed by atoms with Crippen molar-refractivity contribution in [2.45, 2.75) is 32.4 Å². The van der Waals surface area contributed by atoms with Gasteiger partial charge in [0, 0.05) is 17.5 Å². The van der Waals surface area contributed by atoms with Gasteiger partial charge < -0.3 is 5.32 Å². The minimum absolute atomic E-state index is 0.422. The Kier molecular flexibility index (Phi) is 2.15. The fourth-order valence-electron chi connectivity index (χ4n) is 1.40. The average molecular weight is 182 g/mol. The van der Waals surface area contributed by atoms with Gasteiger partial charge in [-0.1, -0.05) is 6.92 Å². The topological polar surface area (TPSA) is 24.9 Å². The Hall–Kier alpha value is -0.410. The van der Waals surface area contributed by atoms with Crippen LogP contribution >= 0.6 is 11.3 Å². The van der Waals surface area contributed by atoms with Gasteiger partial charge in [-0.15, -0.1) is 11.3 Å². The van der Waals surface area contributed by atoms with Gasteiger partial charge in [-0.05, 0) is 19.3 Å². The number of thiazole rings is 1. The van der Waals surface area contributed by atoms with Crippen LogP contribution in [0.5, 0.6) is 0 Å². The van der Waals surface area contributed by atoms with Crippen LogP contribution in [0, 0.1) is 5.92 Å². The van der Waals surface area contributed by atoms with Gasteiger partial charge in [-0.2, -0.15) is 0 Å². The van der Waals surface area contributed by atoms with E-state index in [0.29, 0.717) is 6.04 Å². The van der Waals surface area contributed by atoms with Gasteiger partial charge in [-0.3, -0.25) is 0 Å². The summed E-state index contributed by atoms with van der Waals surface area (Å²) in [6.07, 6.45) is 1.33. The third-order valence-electron chi connectivity index (χ3n) is 2.47. The van der Waals surface area contributed by atoms with Crippen LogP contribution in [0.2, 0.25) is 0 Å². The lowest BCUT2D eigenvalue weighted by Gasteiger charge is -2.09. The van der Waals surface area contributed by atoms with Crippen LogP contribution in [0.15, 0.2) is 10.9 Å². The van der Waals surface area contributed by atoms with Crippen LogP contribution in [-0.4, -0.2) is 11.0 Å². The monoisotopic (exact) mass is 182 g/mol. The van der Waals surface area contributed by atoms with E-state index in [-0.39, 0.29) is 0 Å². The van der Waals surface area contributed by atoms with E-state index in [1.54, 1.807) is 11.3 Å². The van der Waals surface area contributed by atoms with Crippen LogP contribution in [0.3, 0.4) is 0 Å². The van der Waals surface area contributed by atoms with Gasteiger partial charge in [0.25, 0.3) is 0 Å². The predicted molar refractivity (Wildman–Crippen MR) is 51.2 cm³/mol. The van der Waals surface area contributed by atoms with Crippen molar-refractivity contribution >= 4 is 11.3 Å². The molecule has 1 aliphatic rings. The number of aromatic nitrogens is 1. The SMILES string of the molecule is CC(N[C@@H]1C[C@H]1C)c1cscn1. The second kappa shape index (κ2) is 3.15. The highest BCUT2D eigenvalue weighted by atomic mass is 32.1. The Morgan fingerprint density at radius 3 is 3.00 bits per heavy atom. The summed E-state index contributed by atoms with van der Waals surface area (Å²) >= 11 is 1.67. The molecule has 0 amide bonds. The molecule has 1 heterocycles. The van der Waals surface area contributed by atoms with E-state index in [1.165, 1.54) is 12.1 Å². The predicted octanol–water partition coefficient (Wildman–Crippen LogP) is 2.20. The molecule has 1 fully saturated rings. The van der Waals surface area contributed by atoms with Crippen LogP contribution < -0.4 is 5.32 Å². The minimum atomic E-state index is 0.422. The third kappa shape index (κ3) is 1.67. The zero-order valence-corrected chi connectivity index (χ0v) is 8.27. The molecular formula is C9H14N2S. The highest BCUT2D eigenvalue weighted by Gasteiger charge is 2.33. The van der Waals surface area contributed by atoms with E-state index in [1.807, 2.05) is 5.51 Å². The molecule has 1 N–H and O–H groups in total. The fourth-order valence-corrected chi connectivity index (χ4v) is 2.04. The number of hydrogen-bond donors (Lipinski definition) is 1. The largest absolute Gasteiger partial charge is 0.306 e. The Bertz CT molecular complexity index is 245. The molecule has 66 valence electrons. The molecule has 1 aromatic rings. The quantitative estimate of drug-likeness (QED) is 0.775. The molecule has 0 bridgehead atoms. The van der Waals surface area contributed by atoms with E-state index < -0.39 is 0 Å². The summed E-state index contributed by atoms with van der Waals surface area (Å²) in [5.74, 6) is 0.867. The maximum atomic E-state index is 4.28. The summed E-state index contributed by atoms with van der Waals surface area (Å²) in [5, 5.41) is 5.67. The number of nitrogens with one attached hydrogen (secondary N) is 1. The second-order valence-electron chi connectivity index (χ2n) is 3.62.